The van der Waals surface area contributed by atoms with Crippen LogP contribution in [0.25, 0.3) is 0 Å². The van der Waals surface area contributed by atoms with Gasteiger partial charge in [-0.1, -0.05) is 0 Å². The van der Waals surface area contributed by atoms with E-state index in [0.717, 1.165) is 35.6 Å². The maximum absolute atomic E-state index is 11.8. The zero-order chi connectivity index (χ0) is 11.5. The summed E-state index contributed by atoms with van der Waals surface area (Å²) in [4.78, 5) is 11.8. The quantitative estimate of drug-likeness (QED) is 0.839. The summed E-state index contributed by atoms with van der Waals surface area (Å²) in [6, 6.07) is 1.86. The van der Waals surface area contributed by atoms with Crippen LogP contribution in [0.3, 0.4) is 0 Å². The minimum atomic E-state index is 0.108. The first-order chi connectivity index (χ1) is 7.66. The van der Waals surface area contributed by atoms with Crippen LogP contribution in [-0.2, 0) is 6.54 Å². The summed E-state index contributed by atoms with van der Waals surface area (Å²) < 4.78 is 2.73. The van der Waals surface area contributed by atoms with E-state index in [2.05, 4.69) is 21.2 Å². The van der Waals surface area contributed by atoms with E-state index in [9.17, 15) is 4.79 Å². The van der Waals surface area contributed by atoms with E-state index in [0.29, 0.717) is 0 Å². The van der Waals surface area contributed by atoms with Crippen molar-refractivity contribution in [2.24, 2.45) is 5.92 Å². The fraction of sp³-hybridized carbons (Fsp3) is 0.583. The average molecular weight is 285 g/mol. The topological polar surface area (TPSA) is 34.0 Å². The smallest absolute Gasteiger partial charge is 0.253 e. The van der Waals surface area contributed by atoms with Gasteiger partial charge in [0, 0.05) is 29.3 Å². The van der Waals surface area contributed by atoms with Crippen molar-refractivity contribution < 1.29 is 0 Å². The highest BCUT2D eigenvalue weighted by Crippen LogP contribution is 2.27. The van der Waals surface area contributed by atoms with Crippen LogP contribution in [0.1, 0.15) is 18.4 Å². The highest BCUT2D eigenvalue weighted by atomic mass is 79.9. The average Bonchev–Trinajstić information content (AvgIpc) is 3.03. The number of rotatable bonds is 5. The molecule has 1 aliphatic carbocycles. The van der Waals surface area contributed by atoms with Gasteiger partial charge in [-0.15, -0.1) is 0 Å². The lowest BCUT2D eigenvalue weighted by atomic mass is 10.3. The maximum Gasteiger partial charge on any atom is 0.253 e. The summed E-state index contributed by atoms with van der Waals surface area (Å²) in [6.45, 7) is 4.56. The monoisotopic (exact) mass is 284 g/mol. The molecule has 0 aliphatic heterocycles. The lowest BCUT2D eigenvalue weighted by Crippen LogP contribution is -2.28. The minimum absolute atomic E-state index is 0.108. The second-order valence-corrected chi connectivity index (χ2v) is 5.40. The van der Waals surface area contributed by atoms with Crippen LogP contribution in [0.4, 0.5) is 0 Å². The summed E-state index contributed by atoms with van der Waals surface area (Å²) in [5.41, 5.74) is 0.896. The van der Waals surface area contributed by atoms with Crippen molar-refractivity contribution in [3.05, 3.63) is 32.7 Å². The molecule has 16 heavy (non-hydrogen) atoms. The van der Waals surface area contributed by atoms with E-state index < -0.39 is 0 Å². The van der Waals surface area contributed by atoms with Crippen molar-refractivity contribution in [2.75, 3.05) is 13.1 Å². The third kappa shape index (κ3) is 3.19. The van der Waals surface area contributed by atoms with E-state index >= 15 is 0 Å². The molecule has 0 radical (unpaired) electrons. The summed E-state index contributed by atoms with van der Waals surface area (Å²) in [5.74, 6) is 0.890. The highest BCUT2D eigenvalue weighted by molar-refractivity contribution is 9.10. The van der Waals surface area contributed by atoms with Gasteiger partial charge in [-0.2, -0.15) is 0 Å². The number of pyridine rings is 1. The normalized spacial score (nSPS) is 15.4. The van der Waals surface area contributed by atoms with Gasteiger partial charge in [-0.05, 0) is 54.2 Å². The Morgan fingerprint density at radius 1 is 1.56 bits per heavy atom. The van der Waals surface area contributed by atoms with E-state index in [-0.39, 0.29) is 5.56 Å². The molecular weight excluding hydrogens is 268 g/mol. The number of nitrogens with zero attached hydrogens (tertiary/aromatic N) is 1. The van der Waals surface area contributed by atoms with Crippen molar-refractivity contribution in [1.29, 1.82) is 0 Å². The van der Waals surface area contributed by atoms with E-state index in [1.54, 1.807) is 4.57 Å². The SMILES string of the molecule is Cc1cc(Br)cn(CCNCC2CC2)c1=O. The van der Waals surface area contributed by atoms with Gasteiger partial charge in [0.1, 0.15) is 0 Å². The van der Waals surface area contributed by atoms with Crippen LogP contribution in [0, 0.1) is 12.8 Å². The molecule has 1 aliphatic rings. The van der Waals surface area contributed by atoms with Crippen LogP contribution in [0.5, 0.6) is 0 Å². The zero-order valence-corrected chi connectivity index (χ0v) is 11.1. The fourth-order valence-electron chi connectivity index (χ4n) is 1.73. The molecule has 0 aromatic carbocycles. The molecule has 1 aromatic heterocycles. The Bertz CT molecular complexity index is 424. The van der Waals surface area contributed by atoms with Crippen LogP contribution in [0.15, 0.2) is 21.5 Å². The Balaban J connectivity index is 1.89. The van der Waals surface area contributed by atoms with Gasteiger partial charge in [0.15, 0.2) is 0 Å². The fourth-order valence-corrected chi connectivity index (χ4v) is 2.32. The van der Waals surface area contributed by atoms with Gasteiger partial charge in [-0.3, -0.25) is 4.79 Å². The Labute approximate surface area is 104 Å². The molecule has 88 valence electrons. The summed E-state index contributed by atoms with van der Waals surface area (Å²) in [7, 11) is 0. The third-order valence-corrected chi connectivity index (χ3v) is 3.32. The molecule has 2 rings (SSSR count). The van der Waals surface area contributed by atoms with Crippen LogP contribution in [0.2, 0.25) is 0 Å². The van der Waals surface area contributed by atoms with Gasteiger partial charge >= 0.3 is 0 Å². The molecule has 0 amide bonds. The minimum Gasteiger partial charge on any atom is -0.315 e. The summed E-state index contributed by atoms with van der Waals surface area (Å²) in [6.07, 6.45) is 4.58. The van der Waals surface area contributed by atoms with Gasteiger partial charge < -0.3 is 9.88 Å². The molecule has 1 saturated carbocycles. The van der Waals surface area contributed by atoms with Crippen LogP contribution < -0.4 is 10.9 Å². The summed E-state index contributed by atoms with van der Waals surface area (Å²) >= 11 is 3.41. The molecule has 1 N–H and O–H groups in total. The van der Waals surface area contributed by atoms with Crippen LogP contribution >= 0.6 is 15.9 Å². The molecule has 0 saturated heterocycles. The molecule has 0 atom stereocenters. The van der Waals surface area contributed by atoms with Crippen molar-refractivity contribution in [2.45, 2.75) is 26.3 Å². The lowest BCUT2D eigenvalue weighted by molar-refractivity contribution is 0.564. The Morgan fingerprint density at radius 3 is 3.00 bits per heavy atom. The van der Waals surface area contributed by atoms with E-state index in [4.69, 9.17) is 0 Å². The first-order valence-corrected chi connectivity index (χ1v) is 6.53. The maximum atomic E-state index is 11.8. The van der Waals surface area contributed by atoms with E-state index in [1.807, 2.05) is 19.2 Å². The molecular formula is C12H17BrN2O. The van der Waals surface area contributed by atoms with Gasteiger partial charge in [0.05, 0.1) is 0 Å². The second kappa shape index (κ2) is 5.15. The van der Waals surface area contributed by atoms with E-state index in [1.165, 1.54) is 12.8 Å². The Kier molecular flexibility index (Phi) is 3.82. The Morgan fingerprint density at radius 2 is 2.31 bits per heavy atom. The van der Waals surface area contributed by atoms with Crippen LogP contribution in [-0.4, -0.2) is 17.7 Å². The molecule has 4 heteroatoms. The highest BCUT2D eigenvalue weighted by Gasteiger charge is 2.19. The predicted octanol–water partition coefficient (Wildman–Crippen LogP) is 1.92. The number of aromatic nitrogens is 1. The molecule has 1 fully saturated rings. The zero-order valence-electron chi connectivity index (χ0n) is 9.50. The van der Waals surface area contributed by atoms with Gasteiger partial charge in [-0.25, -0.2) is 0 Å². The number of aryl methyl sites for hydroxylation is 1. The van der Waals surface area contributed by atoms with Gasteiger partial charge in [0.25, 0.3) is 5.56 Å². The Hall–Kier alpha value is -0.610. The predicted molar refractivity (Wildman–Crippen MR) is 68.7 cm³/mol. The largest absolute Gasteiger partial charge is 0.315 e. The lowest BCUT2D eigenvalue weighted by Gasteiger charge is -2.08. The van der Waals surface area contributed by atoms with Crippen molar-refractivity contribution >= 4 is 15.9 Å². The molecule has 1 aromatic rings. The number of nitrogens with one attached hydrogen (secondary N) is 1. The first-order valence-electron chi connectivity index (χ1n) is 5.74. The van der Waals surface area contributed by atoms with Gasteiger partial charge in [0.2, 0.25) is 0 Å². The summed E-state index contributed by atoms with van der Waals surface area (Å²) in [5, 5.41) is 3.39. The van der Waals surface area contributed by atoms with Crippen molar-refractivity contribution in [3.63, 3.8) is 0 Å². The van der Waals surface area contributed by atoms with Crippen molar-refractivity contribution in [1.82, 2.24) is 9.88 Å². The molecule has 3 nitrogen and oxygen atoms in total. The molecule has 1 heterocycles. The molecule has 0 bridgehead atoms. The first kappa shape index (κ1) is 11.9. The number of hydrogen-bond acceptors (Lipinski definition) is 2. The number of halogens is 1. The molecule has 0 spiro atoms. The standard InChI is InChI=1S/C12H17BrN2O/c1-9-6-11(13)8-15(12(9)16)5-4-14-7-10-2-3-10/h6,8,10,14H,2-5,7H2,1H3. The molecule has 0 unspecified atom stereocenters. The van der Waals surface area contributed by atoms with Crippen molar-refractivity contribution in [3.8, 4) is 0 Å². The number of hydrogen-bond donors (Lipinski definition) is 1. The second-order valence-electron chi connectivity index (χ2n) is 4.49. The third-order valence-electron chi connectivity index (χ3n) is 2.89.